The fraction of sp³-hybridized carbons (Fsp3) is 0.200. The van der Waals surface area contributed by atoms with Crippen LogP contribution in [0, 0.1) is 6.92 Å². The van der Waals surface area contributed by atoms with Crippen molar-refractivity contribution in [3.05, 3.63) is 89.0 Å². The van der Waals surface area contributed by atoms with Crippen molar-refractivity contribution in [3.63, 3.8) is 0 Å². The molecule has 4 rings (SSSR count). The average Bonchev–Trinajstić information content (AvgIpc) is 3.03. The SMILES string of the molecule is Cc1c(-c2ccccc2)cccc1N1C(=O)c2ccc(CNCCNS(C)(=O)=O)cc2C1=O. The van der Waals surface area contributed by atoms with Crippen LogP contribution in [0.25, 0.3) is 11.1 Å². The molecule has 3 aromatic carbocycles. The Morgan fingerprint density at radius 2 is 1.55 bits per heavy atom. The predicted octanol–water partition coefficient (Wildman–Crippen LogP) is 3.10. The number of imide groups is 1. The summed E-state index contributed by atoms with van der Waals surface area (Å²) >= 11 is 0. The van der Waals surface area contributed by atoms with Gasteiger partial charge in [0.15, 0.2) is 0 Å². The van der Waals surface area contributed by atoms with Gasteiger partial charge in [-0.15, -0.1) is 0 Å². The van der Waals surface area contributed by atoms with E-state index in [4.69, 9.17) is 0 Å². The molecule has 0 bridgehead atoms. The lowest BCUT2D eigenvalue weighted by Crippen LogP contribution is -2.30. The zero-order chi connectivity index (χ0) is 23.6. The molecule has 170 valence electrons. The summed E-state index contributed by atoms with van der Waals surface area (Å²) in [5.74, 6) is -0.677. The minimum absolute atomic E-state index is 0.270. The van der Waals surface area contributed by atoms with E-state index in [1.807, 2.05) is 49.4 Å². The van der Waals surface area contributed by atoms with Crippen LogP contribution >= 0.6 is 0 Å². The fourth-order valence-electron chi connectivity index (χ4n) is 3.97. The number of fused-ring (bicyclic) bond motifs is 1. The van der Waals surface area contributed by atoms with E-state index in [0.29, 0.717) is 29.9 Å². The number of hydrogen-bond acceptors (Lipinski definition) is 5. The zero-order valence-electron chi connectivity index (χ0n) is 18.5. The normalized spacial score (nSPS) is 13.5. The molecule has 2 N–H and O–H groups in total. The second-order valence-corrected chi connectivity index (χ2v) is 9.82. The van der Waals surface area contributed by atoms with E-state index in [1.165, 1.54) is 4.90 Å². The molecule has 33 heavy (non-hydrogen) atoms. The Morgan fingerprint density at radius 3 is 2.27 bits per heavy atom. The summed E-state index contributed by atoms with van der Waals surface area (Å²) < 4.78 is 24.7. The largest absolute Gasteiger partial charge is 0.311 e. The Hall–Kier alpha value is -3.33. The summed E-state index contributed by atoms with van der Waals surface area (Å²) in [4.78, 5) is 27.6. The zero-order valence-corrected chi connectivity index (χ0v) is 19.3. The molecular formula is C25H25N3O4S. The number of nitrogens with zero attached hydrogens (tertiary/aromatic N) is 1. The Labute approximate surface area is 193 Å². The molecule has 0 fully saturated rings. The average molecular weight is 464 g/mol. The van der Waals surface area contributed by atoms with Crippen LogP contribution in [0.15, 0.2) is 66.7 Å². The molecule has 2 amide bonds. The third-order valence-electron chi connectivity index (χ3n) is 5.58. The van der Waals surface area contributed by atoms with Gasteiger partial charge in [0.2, 0.25) is 10.0 Å². The van der Waals surface area contributed by atoms with Crippen molar-refractivity contribution >= 4 is 27.5 Å². The van der Waals surface area contributed by atoms with Gasteiger partial charge in [0.25, 0.3) is 11.8 Å². The minimum Gasteiger partial charge on any atom is -0.311 e. The maximum absolute atomic E-state index is 13.3. The molecule has 0 unspecified atom stereocenters. The first kappa shape index (κ1) is 22.8. The van der Waals surface area contributed by atoms with Crippen molar-refractivity contribution in [2.75, 3.05) is 24.2 Å². The summed E-state index contributed by atoms with van der Waals surface area (Å²) in [6, 6.07) is 20.7. The van der Waals surface area contributed by atoms with Gasteiger partial charge < -0.3 is 5.32 Å². The second-order valence-electron chi connectivity index (χ2n) is 7.98. The molecular weight excluding hydrogens is 438 g/mol. The van der Waals surface area contributed by atoms with Gasteiger partial charge in [-0.25, -0.2) is 18.0 Å². The number of sulfonamides is 1. The highest BCUT2D eigenvalue weighted by molar-refractivity contribution is 7.88. The Kier molecular flexibility index (Phi) is 6.42. The predicted molar refractivity (Wildman–Crippen MR) is 129 cm³/mol. The van der Waals surface area contributed by atoms with Crippen LogP contribution in [-0.2, 0) is 16.6 Å². The standard InChI is InChI=1S/C25H25N3O4S/c1-17-20(19-7-4-3-5-8-19)9-6-10-23(17)28-24(29)21-12-11-18(15-22(21)25(28)30)16-26-13-14-27-33(2,31)32/h3-12,15,26-27H,13-14,16H2,1-2H3. The molecule has 0 aromatic heterocycles. The number of rotatable bonds is 8. The third kappa shape index (κ3) is 4.88. The lowest BCUT2D eigenvalue weighted by atomic mass is 9.99. The monoisotopic (exact) mass is 463 g/mol. The number of hydrogen-bond donors (Lipinski definition) is 2. The summed E-state index contributed by atoms with van der Waals surface area (Å²) in [6.45, 7) is 3.07. The van der Waals surface area contributed by atoms with E-state index < -0.39 is 10.0 Å². The lowest BCUT2D eigenvalue weighted by molar-refractivity contribution is 0.0926. The van der Waals surface area contributed by atoms with E-state index in [0.717, 1.165) is 28.5 Å². The van der Waals surface area contributed by atoms with E-state index in [1.54, 1.807) is 24.3 Å². The number of carbonyl (C=O) groups excluding carboxylic acids is 2. The first-order chi connectivity index (χ1) is 15.8. The summed E-state index contributed by atoms with van der Waals surface area (Å²) in [7, 11) is -3.23. The van der Waals surface area contributed by atoms with Gasteiger partial charge >= 0.3 is 0 Å². The number of nitrogens with one attached hydrogen (secondary N) is 2. The van der Waals surface area contributed by atoms with Crippen molar-refractivity contribution in [1.29, 1.82) is 0 Å². The van der Waals surface area contributed by atoms with Crippen molar-refractivity contribution in [2.24, 2.45) is 0 Å². The van der Waals surface area contributed by atoms with Crippen LogP contribution in [0.5, 0.6) is 0 Å². The van der Waals surface area contributed by atoms with Gasteiger partial charge in [-0.2, -0.15) is 0 Å². The molecule has 0 radical (unpaired) electrons. The molecule has 0 saturated heterocycles. The van der Waals surface area contributed by atoms with Crippen LogP contribution < -0.4 is 14.9 Å². The van der Waals surface area contributed by atoms with Crippen LogP contribution in [0.3, 0.4) is 0 Å². The van der Waals surface area contributed by atoms with Gasteiger partial charge in [-0.1, -0.05) is 48.5 Å². The van der Waals surface area contributed by atoms with Gasteiger partial charge in [0.1, 0.15) is 0 Å². The summed E-state index contributed by atoms with van der Waals surface area (Å²) in [5.41, 5.74) is 5.02. The summed E-state index contributed by atoms with van der Waals surface area (Å²) in [5, 5.41) is 3.13. The van der Waals surface area contributed by atoms with Gasteiger partial charge in [-0.3, -0.25) is 9.59 Å². The summed E-state index contributed by atoms with van der Waals surface area (Å²) in [6.07, 6.45) is 1.11. The van der Waals surface area contributed by atoms with Crippen molar-refractivity contribution in [2.45, 2.75) is 13.5 Å². The molecule has 0 spiro atoms. The molecule has 1 heterocycles. The maximum atomic E-state index is 13.3. The highest BCUT2D eigenvalue weighted by Gasteiger charge is 2.37. The smallest absolute Gasteiger partial charge is 0.266 e. The Balaban J connectivity index is 1.54. The van der Waals surface area contributed by atoms with Crippen LogP contribution in [0.2, 0.25) is 0 Å². The first-order valence-electron chi connectivity index (χ1n) is 10.6. The van der Waals surface area contributed by atoms with E-state index in [9.17, 15) is 18.0 Å². The molecule has 0 saturated carbocycles. The fourth-order valence-corrected chi connectivity index (χ4v) is 4.44. The third-order valence-corrected chi connectivity index (χ3v) is 6.31. The number of carbonyl (C=O) groups is 2. The van der Waals surface area contributed by atoms with Crippen molar-refractivity contribution in [1.82, 2.24) is 10.0 Å². The highest BCUT2D eigenvalue weighted by atomic mass is 32.2. The van der Waals surface area contributed by atoms with Gasteiger partial charge in [0.05, 0.1) is 23.1 Å². The number of anilines is 1. The van der Waals surface area contributed by atoms with Crippen molar-refractivity contribution in [3.8, 4) is 11.1 Å². The van der Waals surface area contributed by atoms with Crippen LogP contribution in [0.1, 0.15) is 31.8 Å². The molecule has 3 aromatic rings. The van der Waals surface area contributed by atoms with E-state index in [2.05, 4.69) is 10.0 Å². The van der Waals surface area contributed by atoms with E-state index in [-0.39, 0.29) is 18.4 Å². The van der Waals surface area contributed by atoms with Crippen LogP contribution in [0.4, 0.5) is 5.69 Å². The lowest BCUT2D eigenvalue weighted by Gasteiger charge is -2.19. The second kappa shape index (κ2) is 9.27. The van der Waals surface area contributed by atoms with Crippen molar-refractivity contribution < 1.29 is 18.0 Å². The minimum atomic E-state index is -3.23. The first-order valence-corrected chi connectivity index (χ1v) is 12.5. The molecule has 1 aliphatic rings. The van der Waals surface area contributed by atoms with Gasteiger partial charge in [0, 0.05) is 19.6 Å². The molecule has 0 atom stereocenters. The number of amides is 2. The highest BCUT2D eigenvalue weighted by Crippen LogP contribution is 2.35. The topological polar surface area (TPSA) is 95.6 Å². The molecule has 1 aliphatic heterocycles. The molecule has 8 heteroatoms. The van der Waals surface area contributed by atoms with E-state index >= 15 is 0 Å². The quantitative estimate of drug-likeness (QED) is 0.395. The Bertz CT molecular complexity index is 1320. The molecule has 0 aliphatic carbocycles. The molecule has 7 nitrogen and oxygen atoms in total. The number of benzene rings is 3. The van der Waals surface area contributed by atoms with Crippen LogP contribution in [-0.4, -0.2) is 39.6 Å². The maximum Gasteiger partial charge on any atom is 0.266 e. The van der Waals surface area contributed by atoms with Gasteiger partial charge in [-0.05, 0) is 47.4 Å². The Morgan fingerprint density at radius 1 is 0.818 bits per heavy atom.